The summed E-state index contributed by atoms with van der Waals surface area (Å²) in [6.07, 6.45) is 12.5. The number of Topliss-reactive ketones (excluding diaryl/α,β-unsaturated/α-hetero) is 2. The van der Waals surface area contributed by atoms with E-state index in [2.05, 4.69) is 81.6 Å². The van der Waals surface area contributed by atoms with E-state index in [1.807, 2.05) is 66.9 Å². The molecule has 0 aliphatic heterocycles. The number of nitrogens with zero attached hydrogens (tertiary/aromatic N) is 2. The van der Waals surface area contributed by atoms with E-state index >= 15 is 0 Å². The molecule has 0 saturated carbocycles. The minimum absolute atomic E-state index is 0.0360. The van der Waals surface area contributed by atoms with Gasteiger partial charge in [0.1, 0.15) is 5.82 Å². The fourth-order valence-electron chi connectivity index (χ4n) is 8.83. The molecular formula is C52H57BrCl2N4O4S2Sn. The van der Waals surface area contributed by atoms with Gasteiger partial charge in [-0.2, -0.15) is 0 Å². The molecule has 0 bridgehead atoms. The third kappa shape index (κ3) is 13.5. The number of carbonyl (C=O) groups excluding carboxylic acids is 4. The molecule has 0 saturated heterocycles. The van der Waals surface area contributed by atoms with Crippen LogP contribution in [0.4, 0.5) is 11.6 Å². The molecule has 2 atom stereocenters. The number of unbranched alkanes of at least 4 members (excludes halogenated alkanes) is 3. The maximum Gasteiger partial charge on any atom is 0.174 e. The molecule has 0 spiro atoms. The normalized spacial score (nSPS) is 15.0. The summed E-state index contributed by atoms with van der Waals surface area (Å²) in [6.45, 7) is 9.89. The molecule has 6 aromatic rings. The van der Waals surface area contributed by atoms with Gasteiger partial charge in [0, 0.05) is 52.7 Å². The molecule has 2 aliphatic rings. The summed E-state index contributed by atoms with van der Waals surface area (Å²) < 4.78 is 6.90. The fraction of sp³-hybridized carbons (Fsp3) is 0.346. The first-order chi connectivity index (χ1) is 31.7. The minimum atomic E-state index is -2.40. The van der Waals surface area contributed by atoms with Crippen molar-refractivity contribution in [2.45, 2.75) is 111 Å². The molecule has 0 fully saturated rings. The summed E-state index contributed by atoms with van der Waals surface area (Å²) in [7, 11) is 0. The molecule has 4 aromatic heterocycles. The van der Waals surface area contributed by atoms with Gasteiger partial charge < -0.3 is 5.32 Å². The number of aromatic nitrogens is 2. The molecule has 2 amide bonds. The van der Waals surface area contributed by atoms with Gasteiger partial charge in [-0.1, -0.05) is 47.5 Å². The number of pyridine rings is 2. The molecule has 4 heterocycles. The van der Waals surface area contributed by atoms with E-state index < -0.39 is 18.4 Å². The Balaban J connectivity index is 0.000000167. The Morgan fingerprint density at radius 2 is 1.11 bits per heavy atom. The van der Waals surface area contributed by atoms with Gasteiger partial charge in [-0.25, -0.2) is 4.98 Å². The van der Waals surface area contributed by atoms with Crippen LogP contribution in [0.2, 0.25) is 23.4 Å². The van der Waals surface area contributed by atoms with Crippen molar-refractivity contribution >= 4 is 119 Å². The van der Waals surface area contributed by atoms with Crippen molar-refractivity contribution < 1.29 is 19.2 Å². The Morgan fingerprint density at radius 3 is 1.59 bits per heavy atom. The second kappa shape index (κ2) is 24.5. The van der Waals surface area contributed by atoms with Crippen LogP contribution in [0.25, 0.3) is 10.4 Å². The van der Waals surface area contributed by atoms with Gasteiger partial charge in [0.2, 0.25) is 5.91 Å². The van der Waals surface area contributed by atoms with Crippen molar-refractivity contribution in [2.75, 3.05) is 10.6 Å². The van der Waals surface area contributed by atoms with Gasteiger partial charge in [-0.15, -0.1) is 22.7 Å². The maximum absolute atomic E-state index is 12.5. The standard InChI is InChI=1S/C20H15ClN2O2S.C13H8BrClOS.C7H7N2O.3C4H9.Sn/c1-11(24)23-19-8-13(6-7-22-19)18-10-16-15(9-17(25)20(16)26-18)12-2-4-14(21)5-3-12;14-12-6-10-9(5-11(16)13(10)17-12)7-1-3-8(15)4-2-7;1-6(10)9-7-4-2-3-5-8-7;3*1-3-4-2;/h2-8,10,15H,9H2,1H3,(H,22,23,24);1-4,6,9H,5H2;3-5H,1H3,(H,8,9,10);3*1,3-4H2,2H3;. The third-order valence-electron chi connectivity index (χ3n) is 12.1. The molecule has 2 aliphatic carbocycles. The van der Waals surface area contributed by atoms with Gasteiger partial charge in [-0.3, -0.25) is 14.4 Å². The van der Waals surface area contributed by atoms with Gasteiger partial charge >= 0.3 is 147 Å². The molecule has 0 radical (unpaired) electrons. The molecular weight excluding hydrogens is 1080 g/mol. The summed E-state index contributed by atoms with van der Waals surface area (Å²) in [5, 5.41) is 6.97. The van der Waals surface area contributed by atoms with Crippen LogP contribution in [-0.4, -0.2) is 51.7 Å². The van der Waals surface area contributed by atoms with E-state index in [9.17, 15) is 19.2 Å². The first-order valence-electron chi connectivity index (χ1n) is 22.7. The Morgan fingerprint density at radius 1 is 0.652 bits per heavy atom. The van der Waals surface area contributed by atoms with E-state index in [1.165, 1.54) is 81.4 Å². The third-order valence-corrected chi connectivity index (χ3v) is 31.2. The monoisotopic (exact) mass is 1130 g/mol. The van der Waals surface area contributed by atoms with E-state index in [0.717, 1.165) is 57.1 Å². The second-order valence-corrected chi connectivity index (χ2v) is 34.6. The average Bonchev–Trinajstić information content (AvgIpc) is 4.06. The summed E-state index contributed by atoms with van der Waals surface area (Å²) in [4.78, 5) is 58.2. The summed E-state index contributed by atoms with van der Waals surface area (Å²) in [5.41, 5.74) is 5.40. The van der Waals surface area contributed by atoms with Gasteiger partial charge in [-0.05, 0) is 92.3 Å². The number of benzene rings is 2. The predicted octanol–water partition coefficient (Wildman–Crippen LogP) is 15.1. The van der Waals surface area contributed by atoms with E-state index in [-0.39, 0.29) is 35.2 Å². The number of carbonyl (C=O) groups is 4. The number of hydrogen-bond acceptors (Lipinski definition) is 8. The minimum Gasteiger partial charge on any atom is -0.293 e. The SMILES string of the molecule is CC(=O)Nc1cc(-c2cc3c(s2)C(=O)CC3c2ccc(Cl)cc2)ccn1.CCC[CH2][Sn]([CH2]CCC)([CH2]CCC)[c]1ccnc(NC(C)=O)c1.O=C1CC(c2ccc(Cl)cc2)c2cc(Br)sc21. The first-order valence-corrected chi connectivity index (χ1v) is 33.4. The molecule has 2 N–H and O–H groups in total. The van der Waals surface area contributed by atoms with Crippen molar-refractivity contribution in [1.82, 2.24) is 9.97 Å². The van der Waals surface area contributed by atoms with Crippen LogP contribution in [0.5, 0.6) is 0 Å². The molecule has 8 rings (SSSR count). The first kappa shape index (κ1) is 51.7. The van der Waals surface area contributed by atoms with Crippen molar-refractivity contribution in [1.29, 1.82) is 0 Å². The Kier molecular flexibility index (Phi) is 19.2. The van der Waals surface area contributed by atoms with Crippen LogP contribution >= 0.6 is 61.8 Å². The summed E-state index contributed by atoms with van der Waals surface area (Å²) in [6, 6.07) is 27.7. The number of ketones is 2. The zero-order valence-electron chi connectivity index (χ0n) is 38.1. The molecule has 8 nitrogen and oxygen atoms in total. The number of fused-ring (bicyclic) bond motifs is 2. The van der Waals surface area contributed by atoms with Crippen LogP contribution in [0.1, 0.15) is 139 Å². The van der Waals surface area contributed by atoms with Crippen LogP contribution < -0.4 is 14.2 Å². The number of hydrogen-bond donors (Lipinski definition) is 2. The fourth-order valence-corrected chi connectivity index (χ4v) is 27.8. The van der Waals surface area contributed by atoms with Crippen LogP contribution in [0.15, 0.2) is 101 Å². The zero-order chi connectivity index (χ0) is 47.4. The number of halogens is 3. The van der Waals surface area contributed by atoms with Crippen molar-refractivity contribution in [3.05, 3.63) is 143 Å². The Labute approximate surface area is 419 Å². The molecule has 66 heavy (non-hydrogen) atoms. The number of anilines is 2. The van der Waals surface area contributed by atoms with E-state index in [1.54, 1.807) is 16.7 Å². The van der Waals surface area contributed by atoms with Gasteiger partial charge in [0.15, 0.2) is 11.6 Å². The largest absolute Gasteiger partial charge is 0.293 e. The smallest absolute Gasteiger partial charge is 0.174 e. The summed E-state index contributed by atoms with van der Waals surface area (Å²) >= 11 is 15.9. The number of amides is 2. The number of nitrogens with one attached hydrogen (secondary N) is 2. The molecule has 14 heteroatoms. The van der Waals surface area contributed by atoms with Crippen LogP contribution in [0.3, 0.4) is 0 Å². The number of thiophene rings is 2. The Bertz CT molecular complexity index is 2610. The van der Waals surface area contributed by atoms with Crippen LogP contribution in [0, 0.1) is 0 Å². The van der Waals surface area contributed by atoms with Crippen molar-refractivity contribution in [3.8, 4) is 10.4 Å². The average molecular weight is 1140 g/mol. The van der Waals surface area contributed by atoms with Crippen molar-refractivity contribution in [2.24, 2.45) is 0 Å². The predicted molar refractivity (Wildman–Crippen MR) is 281 cm³/mol. The van der Waals surface area contributed by atoms with E-state index in [4.69, 9.17) is 23.2 Å². The number of rotatable bonds is 15. The van der Waals surface area contributed by atoms with Gasteiger partial charge in [0.25, 0.3) is 0 Å². The van der Waals surface area contributed by atoms with Gasteiger partial charge in [0.05, 0.1) is 13.5 Å². The molecule has 2 aromatic carbocycles. The summed E-state index contributed by atoms with van der Waals surface area (Å²) in [5.74, 6) is 1.72. The quantitative estimate of drug-likeness (QED) is 0.0989. The van der Waals surface area contributed by atoms with E-state index in [0.29, 0.717) is 23.7 Å². The van der Waals surface area contributed by atoms with Crippen LogP contribution in [-0.2, 0) is 9.59 Å². The molecule has 346 valence electrons. The Hall–Kier alpha value is -3.72. The topological polar surface area (TPSA) is 118 Å². The zero-order valence-corrected chi connectivity index (χ0v) is 45.7. The second-order valence-electron chi connectivity index (χ2n) is 17.0. The molecule has 2 unspecified atom stereocenters. The van der Waals surface area contributed by atoms with Crippen molar-refractivity contribution in [3.63, 3.8) is 0 Å². The maximum atomic E-state index is 12.5.